The van der Waals surface area contributed by atoms with Crippen LogP contribution in [0.2, 0.25) is 0 Å². The molecule has 0 amide bonds. The third-order valence-corrected chi connectivity index (χ3v) is 4.48. The van der Waals surface area contributed by atoms with Gasteiger partial charge in [0.05, 0.1) is 5.52 Å². The van der Waals surface area contributed by atoms with Crippen molar-refractivity contribution in [1.82, 2.24) is 4.98 Å². The maximum absolute atomic E-state index is 11.0. The van der Waals surface area contributed by atoms with Crippen LogP contribution in [0.1, 0.15) is 23.7 Å². The molecule has 0 aliphatic rings. The molecule has 0 bridgehead atoms. The molecule has 0 spiro atoms. The van der Waals surface area contributed by atoms with Gasteiger partial charge in [-0.3, -0.25) is 4.98 Å². The van der Waals surface area contributed by atoms with Crippen LogP contribution in [-0.4, -0.2) is 10.1 Å². The summed E-state index contributed by atoms with van der Waals surface area (Å²) < 4.78 is 0.900. The zero-order valence-electron chi connectivity index (χ0n) is 12.0. The van der Waals surface area contributed by atoms with Gasteiger partial charge in [0.15, 0.2) is 0 Å². The van der Waals surface area contributed by atoms with Crippen molar-refractivity contribution in [2.24, 2.45) is 0 Å². The van der Waals surface area contributed by atoms with Crippen molar-refractivity contribution >= 4 is 26.8 Å². The van der Waals surface area contributed by atoms with E-state index in [-0.39, 0.29) is 0 Å². The van der Waals surface area contributed by atoms with Crippen molar-refractivity contribution in [2.75, 3.05) is 0 Å². The molecule has 0 fully saturated rings. The third-order valence-electron chi connectivity index (χ3n) is 3.79. The van der Waals surface area contributed by atoms with E-state index in [1.54, 1.807) is 0 Å². The minimum Gasteiger partial charge on any atom is -0.381 e. The number of aryl methyl sites for hydroxylation is 1. The average Bonchev–Trinajstić information content (AvgIpc) is 2.47. The van der Waals surface area contributed by atoms with Crippen LogP contribution in [0.4, 0.5) is 0 Å². The number of rotatable bonds is 2. The molecule has 1 aromatic heterocycles. The summed E-state index contributed by atoms with van der Waals surface area (Å²) in [5, 5.41) is 12.0. The van der Waals surface area contributed by atoms with E-state index in [1.807, 2.05) is 68.4 Å². The number of aromatic nitrogens is 1. The highest BCUT2D eigenvalue weighted by Gasteiger charge is 2.27. The summed E-state index contributed by atoms with van der Waals surface area (Å²) in [6.07, 6.45) is 0. The van der Waals surface area contributed by atoms with Crippen LogP contribution in [0.3, 0.4) is 0 Å². The Kier molecular flexibility index (Phi) is 3.56. The van der Waals surface area contributed by atoms with Crippen molar-refractivity contribution in [3.63, 3.8) is 0 Å². The second kappa shape index (κ2) is 5.24. The fourth-order valence-electron chi connectivity index (χ4n) is 2.54. The largest absolute Gasteiger partial charge is 0.381 e. The first-order valence-electron chi connectivity index (χ1n) is 6.84. The highest BCUT2D eigenvalue weighted by atomic mass is 79.9. The highest BCUT2D eigenvalue weighted by Crippen LogP contribution is 2.35. The molecule has 2 nitrogen and oxygen atoms in total. The first-order valence-corrected chi connectivity index (χ1v) is 7.63. The van der Waals surface area contributed by atoms with Crippen molar-refractivity contribution in [3.05, 3.63) is 75.9 Å². The quantitative estimate of drug-likeness (QED) is 0.741. The number of halogens is 1. The van der Waals surface area contributed by atoms with Crippen molar-refractivity contribution in [3.8, 4) is 0 Å². The Morgan fingerprint density at radius 3 is 2.57 bits per heavy atom. The molecule has 3 aromatic rings. The van der Waals surface area contributed by atoms with E-state index in [0.29, 0.717) is 0 Å². The molecule has 1 N–H and O–H groups in total. The van der Waals surface area contributed by atoms with E-state index in [1.165, 1.54) is 0 Å². The van der Waals surface area contributed by atoms with Gasteiger partial charge in [0.25, 0.3) is 0 Å². The van der Waals surface area contributed by atoms with Crippen LogP contribution in [0, 0.1) is 6.92 Å². The molecule has 3 rings (SSSR count). The number of benzene rings is 2. The predicted octanol–water partition coefficient (Wildman–Crippen LogP) is 4.56. The molecular weight excluding hydrogens is 326 g/mol. The number of fused-ring (bicyclic) bond motifs is 1. The molecule has 106 valence electrons. The summed E-state index contributed by atoms with van der Waals surface area (Å²) in [6.45, 7) is 3.79. The van der Waals surface area contributed by atoms with E-state index in [4.69, 9.17) is 0 Å². The van der Waals surface area contributed by atoms with E-state index in [0.717, 1.165) is 32.2 Å². The molecule has 1 atom stereocenters. The molecule has 1 heterocycles. The molecule has 0 radical (unpaired) electrons. The fourth-order valence-corrected chi connectivity index (χ4v) is 3.21. The normalized spacial score (nSPS) is 14.1. The van der Waals surface area contributed by atoms with E-state index >= 15 is 0 Å². The lowest BCUT2D eigenvalue weighted by atomic mass is 9.87. The van der Waals surface area contributed by atoms with Gasteiger partial charge in [-0.05, 0) is 43.7 Å². The Labute approximate surface area is 132 Å². The maximum Gasteiger partial charge on any atom is 0.113 e. The van der Waals surface area contributed by atoms with Gasteiger partial charge in [-0.25, -0.2) is 0 Å². The lowest BCUT2D eigenvalue weighted by Gasteiger charge is -2.26. The number of hydrogen-bond donors (Lipinski definition) is 1. The lowest BCUT2D eigenvalue weighted by Crippen LogP contribution is -2.23. The molecule has 0 saturated heterocycles. The number of nitrogens with zero attached hydrogens (tertiary/aromatic N) is 1. The van der Waals surface area contributed by atoms with Crippen LogP contribution in [0.25, 0.3) is 10.9 Å². The Morgan fingerprint density at radius 1 is 1.05 bits per heavy atom. The van der Waals surface area contributed by atoms with Crippen LogP contribution in [0.5, 0.6) is 0 Å². The molecule has 2 aromatic carbocycles. The first kappa shape index (κ1) is 14.2. The first-order chi connectivity index (χ1) is 9.98. The van der Waals surface area contributed by atoms with E-state index in [2.05, 4.69) is 20.9 Å². The molecule has 21 heavy (non-hydrogen) atoms. The zero-order chi connectivity index (χ0) is 15.0. The second-order valence-electron chi connectivity index (χ2n) is 5.41. The zero-order valence-corrected chi connectivity index (χ0v) is 13.6. The van der Waals surface area contributed by atoms with Gasteiger partial charge < -0.3 is 5.11 Å². The van der Waals surface area contributed by atoms with Crippen LogP contribution in [-0.2, 0) is 5.60 Å². The average molecular weight is 342 g/mol. The van der Waals surface area contributed by atoms with Gasteiger partial charge in [0, 0.05) is 21.1 Å². The Balaban J connectivity index is 2.15. The Hall–Kier alpha value is -1.71. The van der Waals surface area contributed by atoms with Crippen molar-refractivity contribution in [1.29, 1.82) is 0 Å². The molecule has 1 unspecified atom stereocenters. The maximum atomic E-state index is 11.0. The van der Waals surface area contributed by atoms with Crippen LogP contribution < -0.4 is 0 Å². The Bertz CT molecular complexity index is 811. The van der Waals surface area contributed by atoms with E-state index < -0.39 is 5.60 Å². The smallest absolute Gasteiger partial charge is 0.113 e. The van der Waals surface area contributed by atoms with Gasteiger partial charge in [-0.1, -0.05) is 46.3 Å². The fraction of sp³-hybridized carbons (Fsp3) is 0.167. The van der Waals surface area contributed by atoms with Gasteiger partial charge >= 0.3 is 0 Å². The topological polar surface area (TPSA) is 33.1 Å². The summed E-state index contributed by atoms with van der Waals surface area (Å²) in [5.41, 5.74) is 2.59. The third kappa shape index (κ3) is 2.59. The second-order valence-corrected chi connectivity index (χ2v) is 6.27. The van der Waals surface area contributed by atoms with Gasteiger partial charge in [-0.2, -0.15) is 0 Å². The van der Waals surface area contributed by atoms with Crippen molar-refractivity contribution < 1.29 is 5.11 Å². The van der Waals surface area contributed by atoms with Gasteiger partial charge in [0.1, 0.15) is 5.60 Å². The van der Waals surface area contributed by atoms with E-state index in [9.17, 15) is 5.11 Å². The minimum absolute atomic E-state index is 0.851. The molecule has 0 saturated carbocycles. The monoisotopic (exact) mass is 341 g/mol. The number of aliphatic hydroxyl groups is 1. The van der Waals surface area contributed by atoms with Crippen LogP contribution >= 0.6 is 15.9 Å². The Morgan fingerprint density at radius 2 is 1.81 bits per heavy atom. The summed E-state index contributed by atoms with van der Waals surface area (Å²) >= 11 is 3.52. The van der Waals surface area contributed by atoms with Gasteiger partial charge in [-0.15, -0.1) is 0 Å². The summed E-state index contributed by atoms with van der Waals surface area (Å²) in [4.78, 5) is 4.50. The minimum atomic E-state index is -1.06. The summed E-state index contributed by atoms with van der Waals surface area (Å²) in [5.74, 6) is 0. The summed E-state index contributed by atoms with van der Waals surface area (Å²) in [7, 11) is 0. The number of hydrogen-bond acceptors (Lipinski definition) is 2. The molecule has 0 aliphatic heterocycles. The highest BCUT2D eigenvalue weighted by molar-refractivity contribution is 9.10. The SMILES string of the molecule is Cc1ccc2cc(C(C)(O)c3ccccc3Br)ccc2n1. The summed E-state index contributed by atoms with van der Waals surface area (Å²) in [6, 6.07) is 17.7. The number of pyridine rings is 1. The van der Waals surface area contributed by atoms with Crippen molar-refractivity contribution in [2.45, 2.75) is 19.4 Å². The van der Waals surface area contributed by atoms with Crippen LogP contribution in [0.15, 0.2) is 59.1 Å². The van der Waals surface area contributed by atoms with Gasteiger partial charge in [0.2, 0.25) is 0 Å². The predicted molar refractivity (Wildman–Crippen MR) is 89.3 cm³/mol. The molecule has 3 heteroatoms. The standard InChI is InChI=1S/C18H16BrNO/c1-12-7-8-13-11-14(9-10-17(13)20-12)18(2,21)15-5-3-4-6-16(15)19/h3-11,21H,1-2H3. The lowest BCUT2D eigenvalue weighted by molar-refractivity contribution is 0.102. The molecular formula is C18H16BrNO. The molecule has 0 aliphatic carbocycles.